The minimum absolute atomic E-state index is 0.316. The first-order chi connectivity index (χ1) is 12.8. The maximum atomic E-state index is 14.6. The standard InChI is InChI=1S/C18H19ClFN3O3S/c1-26-9-8-13(12-7-6-11(19)10-15(12)20)17-14-4-3-5-16(18(14)22-21-17)23-27(2,24)25/h3-7,10,13,23H,8-9H2,1-2H3,(H,21,22). The van der Waals surface area contributed by atoms with Gasteiger partial charge in [-0.15, -0.1) is 0 Å². The molecule has 0 saturated heterocycles. The second-order valence-corrected chi connectivity index (χ2v) is 8.40. The fourth-order valence-corrected chi connectivity index (χ4v) is 3.80. The fraction of sp³-hybridized carbons (Fsp3) is 0.278. The highest BCUT2D eigenvalue weighted by molar-refractivity contribution is 7.92. The number of hydrogen-bond acceptors (Lipinski definition) is 4. The third-order valence-electron chi connectivity index (χ3n) is 4.21. The van der Waals surface area contributed by atoms with Crippen molar-refractivity contribution in [2.75, 3.05) is 24.7 Å². The summed E-state index contributed by atoms with van der Waals surface area (Å²) in [7, 11) is -1.88. The molecule has 0 radical (unpaired) electrons. The van der Waals surface area contributed by atoms with Crippen molar-refractivity contribution in [2.45, 2.75) is 12.3 Å². The van der Waals surface area contributed by atoms with E-state index in [1.165, 1.54) is 6.07 Å². The number of anilines is 1. The number of rotatable bonds is 7. The van der Waals surface area contributed by atoms with Gasteiger partial charge in [-0.05, 0) is 30.2 Å². The van der Waals surface area contributed by atoms with Crippen molar-refractivity contribution in [1.29, 1.82) is 0 Å². The van der Waals surface area contributed by atoms with Crippen LogP contribution in [0.5, 0.6) is 0 Å². The summed E-state index contributed by atoms with van der Waals surface area (Å²) < 4.78 is 45.4. The molecule has 0 amide bonds. The van der Waals surface area contributed by atoms with Crippen LogP contribution in [0.4, 0.5) is 10.1 Å². The van der Waals surface area contributed by atoms with Crippen molar-refractivity contribution in [3.05, 3.63) is 58.5 Å². The Morgan fingerprint density at radius 3 is 2.78 bits per heavy atom. The topological polar surface area (TPSA) is 84.1 Å². The zero-order chi connectivity index (χ0) is 19.6. The monoisotopic (exact) mass is 411 g/mol. The van der Waals surface area contributed by atoms with E-state index < -0.39 is 15.8 Å². The highest BCUT2D eigenvalue weighted by Crippen LogP contribution is 2.35. The van der Waals surface area contributed by atoms with Gasteiger partial charge in [0, 0.05) is 30.0 Å². The number of nitrogens with zero attached hydrogens (tertiary/aromatic N) is 1. The lowest BCUT2D eigenvalue weighted by Gasteiger charge is -2.17. The number of H-pyrrole nitrogens is 1. The van der Waals surface area contributed by atoms with E-state index in [1.54, 1.807) is 31.4 Å². The van der Waals surface area contributed by atoms with Gasteiger partial charge >= 0.3 is 0 Å². The summed E-state index contributed by atoms with van der Waals surface area (Å²) in [6.07, 6.45) is 1.58. The van der Waals surface area contributed by atoms with Gasteiger partial charge in [-0.25, -0.2) is 12.8 Å². The second kappa shape index (κ2) is 7.84. The lowest BCUT2D eigenvalue weighted by atomic mass is 9.90. The average molecular weight is 412 g/mol. The molecule has 6 nitrogen and oxygen atoms in total. The quantitative estimate of drug-likeness (QED) is 0.617. The lowest BCUT2D eigenvalue weighted by Crippen LogP contribution is -2.10. The van der Waals surface area contributed by atoms with Crippen LogP contribution in [0.3, 0.4) is 0 Å². The van der Waals surface area contributed by atoms with Crippen LogP contribution < -0.4 is 4.72 Å². The molecular weight excluding hydrogens is 393 g/mol. The van der Waals surface area contributed by atoms with Gasteiger partial charge in [0.25, 0.3) is 0 Å². The first kappa shape index (κ1) is 19.6. The van der Waals surface area contributed by atoms with Gasteiger partial charge in [-0.2, -0.15) is 5.10 Å². The molecule has 27 heavy (non-hydrogen) atoms. The molecule has 0 saturated carbocycles. The van der Waals surface area contributed by atoms with Crippen LogP contribution in [0.2, 0.25) is 5.02 Å². The molecule has 0 aliphatic carbocycles. The van der Waals surface area contributed by atoms with Crippen LogP contribution in [0.1, 0.15) is 23.6 Å². The van der Waals surface area contributed by atoms with Gasteiger partial charge < -0.3 is 4.74 Å². The van der Waals surface area contributed by atoms with Crippen molar-refractivity contribution in [1.82, 2.24) is 10.2 Å². The molecule has 1 atom stereocenters. The number of nitrogens with one attached hydrogen (secondary N) is 2. The minimum Gasteiger partial charge on any atom is -0.385 e. The van der Waals surface area contributed by atoms with Crippen LogP contribution in [-0.2, 0) is 14.8 Å². The van der Waals surface area contributed by atoms with Gasteiger partial charge in [0.2, 0.25) is 10.0 Å². The minimum atomic E-state index is -3.46. The van der Waals surface area contributed by atoms with E-state index in [0.29, 0.717) is 45.9 Å². The number of methoxy groups -OCH3 is 1. The van der Waals surface area contributed by atoms with E-state index in [1.807, 2.05) is 6.07 Å². The number of ether oxygens (including phenoxy) is 1. The summed E-state index contributed by atoms with van der Waals surface area (Å²) in [5.41, 5.74) is 1.97. The SMILES string of the molecule is COCCC(c1ccc(Cl)cc1F)c1[nH]nc2c(NS(C)(=O)=O)cccc12. The number of hydrogen-bond donors (Lipinski definition) is 2. The summed E-state index contributed by atoms with van der Waals surface area (Å²) in [6, 6.07) is 9.71. The molecule has 3 rings (SSSR count). The molecule has 1 heterocycles. The molecule has 144 valence electrons. The predicted molar refractivity (Wildman–Crippen MR) is 104 cm³/mol. The Balaban J connectivity index is 2.12. The average Bonchev–Trinajstić information content (AvgIpc) is 3.00. The highest BCUT2D eigenvalue weighted by Gasteiger charge is 2.23. The molecule has 3 aromatic rings. The third-order valence-corrected chi connectivity index (χ3v) is 5.03. The molecule has 0 spiro atoms. The summed E-state index contributed by atoms with van der Waals surface area (Å²) in [5, 5.41) is 8.24. The van der Waals surface area contributed by atoms with Crippen LogP contribution >= 0.6 is 11.6 Å². The van der Waals surface area contributed by atoms with Crippen LogP contribution in [-0.4, -0.2) is 38.6 Å². The second-order valence-electron chi connectivity index (χ2n) is 6.21. The number of para-hydroxylation sites is 1. The maximum absolute atomic E-state index is 14.6. The normalized spacial score (nSPS) is 13.0. The molecule has 0 aliphatic heterocycles. The van der Waals surface area contributed by atoms with Crippen LogP contribution in [0, 0.1) is 5.82 Å². The molecule has 2 N–H and O–H groups in total. The van der Waals surface area contributed by atoms with E-state index in [0.717, 1.165) is 6.26 Å². The Labute approximate surface area is 161 Å². The zero-order valence-corrected chi connectivity index (χ0v) is 16.4. The number of halogens is 2. The van der Waals surface area contributed by atoms with E-state index in [4.69, 9.17) is 16.3 Å². The van der Waals surface area contributed by atoms with Crippen molar-refractivity contribution in [3.63, 3.8) is 0 Å². The Bertz CT molecular complexity index is 1070. The molecule has 2 aromatic carbocycles. The third kappa shape index (κ3) is 4.40. The Morgan fingerprint density at radius 1 is 1.33 bits per heavy atom. The summed E-state index contributed by atoms with van der Waals surface area (Å²) in [4.78, 5) is 0. The molecule has 0 bridgehead atoms. The molecular formula is C18H19ClFN3O3S. The number of aromatic nitrogens is 2. The number of aromatic amines is 1. The molecule has 1 unspecified atom stereocenters. The highest BCUT2D eigenvalue weighted by atomic mass is 35.5. The number of sulfonamides is 1. The van der Waals surface area contributed by atoms with Gasteiger partial charge in [0.05, 0.1) is 17.6 Å². The summed E-state index contributed by atoms with van der Waals surface area (Å²) in [5.74, 6) is -0.780. The summed E-state index contributed by atoms with van der Waals surface area (Å²) in [6.45, 7) is 0.411. The van der Waals surface area contributed by atoms with Gasteiger partial charge in [0.15, 0.2) is 0 Å². The smallest absolute Gasteiger partial charge is 0.229 e. The van der Waals surface area contributed by atoms with Gasteiger partial charge in [-0.1, -0.05) is 29.8 Å². The number of fused-ring (bicyclic) bond motifs is 1. The summed E-state index contributed by atoms with van der Waals surface area (Å²) >= 11 is 5.88. The van der Waals surface area contributed by atoms with E-state index in [9.17, 15) is 12.8 Å². The Kier molecular flexibility index (Phi) is 5.69. The van der Waals surface area contributed by atoms with Gasteiger partial charge in [-0.3, -0.25) is 9.82 Å². The van der Waals surface area contributed by atoms with Crippen molar-refractivity contribution in [2.24, 2.45) is 0 Å². The molecule has 0 aliphatic rings. The van der Waals surface area contributed by atoms with Crippen LogP contribution in [0.25, 0.3) is 10.9 Å². The van der Waals surface area contributed by atoms with E-state index in [2.05, 4.69) is 14.9 Å². The number of benzene rings is 2. The predicted octanol–water partition coefficient (Wildman–Crippen LogP) is 3.90. The van der Waals surface area contributed by atoms with Crippen LogP contribution in [0.15, 0.2) is 36.4 Å². The molecule has 9 heteroatoms. The largest absolute Gasteiger partial charge is 0.385 e. The molecule has 1 aromatic heterocycles. The fourth-order valence-electron chi connectivity index (χ4n) is 3.08. The van der Waals surface area contributed by atoms with E-state index in [-0.39, 0.29) is 5.92 Å². The van der Waals surface area contributed by atoms with Crippen molar-refractivity contribution < 1.29 is 17.5 Å². The van der Waals surface area contributed by atoms with Gasteiger partial charge in [0.1, 0.15) is 11.3 Å². The Hall–Kier alpha value is -2.16. The van der Waals surface area contributed by atoms with Crippen molar-refractivity contribution in [3.8, 4) is 0 Å². The zero-order valence-electron chi connectivity index (χ0n) is 14.8. The van der Waals surface area contributed by atoms with E-state index >= 15 is 0 Å². The first-order valence-electron chi connectivity index (χ1n) is 8.19. The first-order valence-corrected chi connectivity index (χ1v) is 10.5. The van der Waals surface area contributed by atoms with Crippen molar-refractivity contribution >= 4 is 38.2 Å². The lowest BCUT2D eigenvalue weighted by molar-refractivity contribution is 0.190. The Morgan fingerprint density at radius 2 is 2.11 bits per heavy atom. The molecule has 0 fully saturated rings. The maximum Gasteiger partial charge on any atom is 0.229 e.